The Morgan fingerprint density at radius 1 is 1.41 bits per heavy atom. The van der Waals surface area contributed by atoms with E-state index >= 15 is 0 Å². The first-order chi connectivity index (χ1) is 10.6. The fourth-order valence-corrected chi connectivity index (χ4v) is 3.87. The fourth-order valence-electron chi connectivity index (χ4n) is 3.74. The molecule has 4 atom stereocenters. The molecular formula is C16H14ClNO4. The summed E-state index contributed by atoms with van der Waals surface area (Å²) in [5.41, 5.74) is 0.0301. The molecule has 1 aromatic carbocycles. The van der Waals surface area contributed by atoms with Crippen molar-refractivity contribution in [3.05, 3.63) is 41.4 Å². The molecule has 2 fully saturated rings. The number of ether oxygens (including phenoxy) is 2. The zero-order valence-corrected chi connectivity index (χ0v) is 12.6. The monoisotopic (exact) mass is 319 g/mol. The molecule has 3 heterocycles. The summed E-state index contributed by atoms with van der Waals surface area (Å²) < 4.78 is 10.8. The van der Waals surface area contributed by atoms with E-state index in [0.717, 1.165) is 5.69 Å². The van der Waals surface area contributed by atoms with Gasteiger partial charge in [0, 0.05) is 10.7 Å². The summed E-state index contributed by atoms with van der Waals surface area (Å²) in [5.74, 6) is -1.59. The van der Waals surface area contributed by atoms with Crippen molar-refractivity contribution < 1.29 is 19.1 Å². The Morgan fingerprint density at radius 3 is 2.82 bits per heavy atom. The largest absolute Gasteiger partial charge is 0.469 e. The van der Waals surface area contributed by atoms with Gasteiger partial charge in [-0.05, 0) is 24.3 Å². The highest BCUT2D eigenvalue weighted by atomic mass is 35.5. The summed E-state index contributed by atoms with van der Waals surface area (Å²) in [5, 5.41) is 0.610. The number of halogens is 1. The number of hydrogen-bond donors (Lipinski definition) is 0. The number of amides is 1. The molecule has 0 radical (unpaired) electrons. The van der Waals surface area contributed by atoms with Crippen molar-refractivity contribution in [1.29, 1.82) is 0 Å². The van der Waals surface area contributed by atoms with Crippen molar-refractivity contribution in [3.63, 3.8) is 0 Å². The minimum atomic E-state index is -0.722. The molecule has 0 aromatic heterocycles. The molecule has 1 amide bonds. The predicted molar refractivity (Wildman–Crippen MR) is 79.5 cm³/mol. The summed E-state index contributed by atoms with van der Waals surface area (Å²) in [6, 6.07) is 7.06. The Bertz CT molecular complexity index is 686. The average molecular weight is 320 g/mol. The summed E-state index contributed by atoms with van der Waals surface area (Å²) in [4.78, 5) is 26.6. The van der Waals surface area contributed by atoms with E-state index in [4.69, 9.17) is 21.1 Å². The van der Waals surface area contributed by atoms with Crippen LogP contribution in [0.25, 0.3) is 0 Å². The van der Waals surface area contributed by atoms with Crippen LogP contribution in [0.4, 0.5) is 5.69 Å². The minimum absolute atomic E-state index is 0.107. The molecular weight excluding hydrogens is 306 g/mol. The maximum Gasteiger partial charge on any atom is 0.312 e. The van der Waals surface area contributed by atoms with Crippen molar-refractivity contribution in [1.82, 2.24) is 0 Å². The Balaban J connectivity index is 1.71. The van der Waals surface area contributed by atoms with Gasteiger partial charge < -0.3 is 14.4 Å². The number of benzene rings is 1. The number of hydrogen-bond acceptors (Lipinski definition) is 4. The molecule has 3 aliphatic rings. The van der Waals surface area contributed by atoms with Gasteiger partial charge in [-0.15, -0.1) is 0 Å². The Kier molecular flexibility index (Phi) is 2.86. The summed E-state index contributed by atoms with van der Waals surface area (Å²) in [6.07, 6.45) is 3.40. The van der Waals surface area contributed by atoms with E-state index in [1.807, 2.05) is 12.2 Å². The van der Waals surface area contributed by atoms with Gasteiger partial charge in [-0.1, -0.05) is 23.8 Å². The molecule has 4 rings (SSSR count). The Labute approximate surface area is 132 Å². The van der Waals surface area contributed by atoms with E-state index in [9.17, 15) is 9.59 Å². The van der Waals surface area contributed by atoms with Crippen LogP contribution < -0.4 is 4.90 Å². The van der Waals surface area contributed by atoms with Crippen molar-refractivity contribution >= 4 is 29.2 Å². The molecule has 1 aromatic rings. The lowest BCUT2D eigenvalue weighted by atomic mass is 9.77. The molecule has 1 spiro atoms. The van der Waals surface area contributed by atoms with Gasteiger partial charge in [0.15, 0.2) is 0 Å². The molecule has 0 N–H and O–H groups in total. The van der Waals surface area contributed by atoms with E-state index in [1.165, 1.54) is 7.11 Å². The van der Waals surface area contributed by atoms with Gasteiger partial charge in [-0.2, -0.15) is 0 Å². The number of anilines is 1. The van der Waals surface area contributed by atoms with Crippen LogP contribution in [-0.4, -0.2) is 37.2 Å². The molecule has 6 heteroatoms. The first-order valence-corrected chi connectivity index (χ1v) is 7.45. The van der Waals surface area contributed by atoms with Crippen molar-refractivity contribution in [2.24, 2.45) is 11.8 Å². The van der Waals surface area contributed by atoms with Gasteiger partial charge >= 0.3 is 5.97 Å². The number of nitrogens with zero attached hydrogens (tertiary/aromatic N) is 1. The lowest BCUT2D eigenvalue weighted by Gasteiger charge is -2.22. The molecule has 22 heavy (non-hydrogen) atoms. The lowest BCUT2D eigenvalue weighted by Crippen LogP contribution is -2.39. The lowest BCUT2D eigenvalue weighted by molar-refractivity contribution is -0.149. The highest BCUT2D eigenvalue weighted by Gasteiger charge is 2.67. The maximum absolute atomic E-state index is 12.9. The van der Waals surface area contributed by atoms with Gasteiger partial charge in [0.25, 0.3) is 0 Å². The van der Waals surface area contributed by atoms with Crippen LogP contribution in [0.1, 0.15) is 0 Å². The van der Waals surface area contributed by atoms with Crippen molar-refractivity contribution in [2.75, 3.05) is 18.6 Å². The normalized spacial score (nSPS) is 35.1. The highest BCUT2D eigenvalue weighted by Crippen LogP contribution is 2.52. The third kappa shape index (κ3) is 1.69. The predicted octanol–water partition coefficient (Wildman–Crippen LogP) is 1.80. The SMILES string of the molecule is COC(=O)[C@H]1[C@H]2C=CC3(CN(c4ccc(Cl)cc4)C(=O)[C@@H]13)O2. The quantitative estimate of drug-likeness (QED) is 0.616. The van der Waals surface area contributed by atoms with Crippen LogP contribution in [0.2, 0.25) is 5.02 Å². The summed E-state index contributed by atoms with van der Waals surface area (Å²) >= 11 is 5.89. The van der Waals surface area contributed by atoms with E-state index in [2.05, 4.69) is 0 Å². The Morgan fingerprint density at radius 2 is 2.14 bits per heavy atom. The van der Waals surface area contributed by atoms with Crippen LogP contribution in [0.3, 0.4) is 0 Å². The topological polar surface area (TPSA) is 55.8 Å². The smallest absolute Gasteiger partial charge is 0.312 e. The zero-order valence-electron chi connectivity index (χ0n) is 11.9. The van der Waals surface area contributed by atoms with Crippen LogP contribution in [0.15, 0.2) is 36.4 Å². The van der Waals surface area contributed by atoms with Crippen molar-refractivity contribution in [2.45, 2.75) is 11.7 Å². The molecule has 5 nitrogen and oxygen atoms in total. The second-order valence-electron chi connectivity index (χ2n) is 5.82. The van der Waals surface area contributed by atoms with Gasteiger partial charge in [0.1, 0.15) is 11.5 Å². The van der Waals surface area contributed by atoms with Crippen LogP contribution >= 0.6 is 11.6 Å². The number of carbonyl (C=O) groups is 2. The maximum atomic E-state index is 12.9. The minimum Gasteiger partial charge on any atom is -0.469 e. The molecule has 2 saturated heterocycles. The number of rotatable bonds is 2. The molecule has 2 bridgehead atoms. The van der Waals surface area contributed by atoms with E-state index in [-0.39, 0.29) is 12.0 Å². The highest BCUT2D eigenvalue weighted by molar-refractivity contribution is 6.30. The first kappa shape index (κ1) is 13.8. The number of carbonyl (C=O) groups excluding carboxylic acids is 2. The van der Waals surface area contributed by atoms with E-state index in [0.29, 0.717) is 11.6 Å². The number of methoxy groups -OCH3 is 1. The van der Waals surface area contributed by atoms with Crippen LogP contribution in [0, 0.1) is 11.8 Å². The number of fused-ring (bicyclic) bond motifs is 1. The summed E-state index contributed by atoms with van der Waals surface area (Å²) in [6.45, 7) is 0.401. The standard InChI is InChI=1S/C16H14ClNO4/c1-21-15(20)12-11-6-7-16(22-11)8-18(14(19)13(12)16)10-4-2-9(17)3-5-10/h2-7,11-13H,8H2,1H3/t11-,12+,13-,16?/m1/s1. The Hall–Kier alpha value is -1.85. The van der Waals surface area contributed by atoms with Gasteiger partial charge in [0.05, 0.1) is 25.7 Å². The van der Waals surface area contributed by atoms with Gasteiger partial charge in [0.2, 0.25) is 5.91 Å². The third-order valence-electron chi connectivity index (χ3n) is 4.71. The molecule has 0 saturated carbocycles. The van der Waals surface area contributed by atoms with Crippen LogP contribution in [0.5, 0.6) is 0 Å². The van der Waals surface area contributed by atoms with Gasteiger partial charge in [-0.3, -0.25) is 9.59 Å². The van der Waals surface area contributed by atoms with E-state index in [1.54, 1.807) is 29.2 Å². The first-order valence-electron chi connectivity index (χ1n) is 7.08. The molecule has 114 valence electrons. The third-order valence-corrected chi connectivity index (χ3v) is 4.96. The van der Waals surface area contributed by atoms with Crippen molar-refractivity contribution in [3.8, 4) is 0 Å². The van der Waals surface area contributed by atoms with Crippen LogP contribution in [-0.2, 0) is 19.1 Å². The molecule has 0 aliphatic carbocycles. The van der Waals surface area contributed by atoms with E-state index < -0.39 is 23.4 Å². The average Bonchev–Trinajstić information content (AvgIpc) is 3.16. The zero-order chi connectivity index (χ0) is 15.5. The second kappa shape index (κ2) is 4.57. The molecule has 1 unspecified atom stereocenters. The second-order valence-corrected chi connectivity index (χ2v) is 6.26. The fraction of sp³-hybridized carbons (Fsp3) is 0.375. The molecule has 3 aliphatic heterocycles. The number of esters is 1. The summed E-state index contributed by atoms with van der Waals surface area (Å²) in [7, 11) is 1.33. The van der Waals surface area contributed by atoms with Gasteiger partial charge in [-0.25, -0.2) is 0 Å².